The van der Waals surface area contributed by atoms with Crippen LogP contribution < -0.4 is 0 Å². The molecule has 1 rings (SSSR count). The van der Waals surface area contributed by atoms with Crippen molar-refractivity contribution in [3.63, 3.8) is 0 Å². The largest absolute Gasteiger partial charge is 0.472 e. The molecular formula is C40H65O13P. The second-order valence-electron chi connectivity index (χ2n) is 13.1. The van der Waals surface area contributed by atoms with E-state index in [0.717, 1.165) is 70.6 Å². The third kappa shape index (κ3) is 23.3. The molecule has 0 amide bonds. The van der Waals surface area contributed by atoms with Gasteiger partial charge >= 0.3 is 19.8 Å². The Labute approximate surface area is 321 Å². The number of hydrogen-bond acceptors (Lipinski definition) is 12. The summed E-state index contributed by atoms with van der Waals surface area (Å²) in [6, 6.07) is 0. The van der Waals surface area contributed by atoms with Crippen LogP contribution in [0, 0.1) is 0 Å². The third-order valence-corrected chi connectivity index (χ3v) is 9.28. The summed E-state index contributed by atoms with van der Waals surface area (Å²) in [4.78, 5) is 35.3. The highest BCUT2D eigenvalue weighted by Crippen LogP contribution is 2.47. The molecule has 1 fully saturated rings. The van der Waals surface area contributed by atoms with Gasteiger partial charge in [-0.15, -0.1) is 0 Å². The van der Waals surface area contributed by atoms with Crippen molar-refractivity contribution in [1.29, 1.82) is 0 Å². The first-order valence-electron chi connectivity index (χ1n) is 19.2. The number of ether oxygens (including phenoxy) is 2. The Balaban J connectivity index is 2.63. The number of unbranched alkanes of at least 4 members (excludes halogenated alkanes) is 6. The van der Waals surface area contributed by atoms with Crippen molar-refractivity contribution < 1.29 is 63.1 Å². The van der Waals surface area contributed by atoms with Gasteiger partial charge in [0.05, 0.1) is 13.0 Å². The Bertz CT molecular complexity index is 1230. The lowest BCUT2D eigenvalue weighted by Crippen LogP contribution is -2.64. The average molecular weight is 785 g/mol. The summed E-state index contributed by atoms with van der Waals surface area (Å²) in [5.74, 6) is -1.27. The Morgan fingerprint density at radius 2 is 1.11 bits per heavy atom. The number of aliphatic hydroxyl groups is 5. The van der Waals surface area contributed by atoms with E-state index in [1.165, 1.54) is 0 Å². The molecule has 0 aromatic rings. The van der Waals surface area contributed by atoms with E-state index in [9.17, 15) is 44.6 Å². The minimum Gasteiger partial charge on any atom is -0.462 e. The molecule has 1 saturated carbocycles. The van der Waals surface area contributed by atoms with Gasteiger partial charge in [-0.2, -0.15) is 0 Å². The molecule has 0 bridgehead atoms. The average Bonchev–Trinajstić information content (AvgIpc) is 3.15. The van der Waals surface area contributed by atoms with Crippen molar-refractivity contribution in [2.45, 2.75) is 153 Å². The van der Waals surface area contributed by atoms with Crippen LogP contribution in [0.25, 0.3) is 0 Å². The van der Waals surface area contributed by atoms with E-state index in [2.05, 4.69) is 62.5 Å². The summed E-state index contributed by atoms with van der Waals surface area (Å²) in [5, 5.41) is 49.9. The summed E-state index contributed by atoms with van der Waals surface area (Å²) in [6.45, 7) is 2.97. The number of phosphoric ester groups is 1. The molecule has 54 heavy (non-hydrogen) atoms. The Morgan fingerprint density at radius 1 is 0.611 bits per heavy atom. The maximum Gasteiger partial charge on any atom is 0.472 e. The van der Waals surface area contributed by atoms with Gasteiger partial charge in [0.1, 0.15) is 43.2 Å². The van der Waals surface area contributed by atoms with E-state index >= 15 is 0 Å². The van der Waals surface area contributed by atoms with Gasteiger partial charge in [0.25, 0.3) is 0 Å². The summed E-state index contributed by atoms with van der Waals surface area (Å²) in [7, 11) is -5.14. The van der Waals surface area contributed by atoms with Crippen LogP contribution in [0.2, 0.25) is 0 Å². The molecular weight excluding hydrogens is 719 g/mol. The minimum absolute atomic E-state index is 0.132. The molecule has 0 spiro atoms. The van der Waals surface area contributed by atoms with Crippen molar-refractivity contribution in [3.05, 3.63) is 72.9 Å². The van der Waals surface area contributed by atoms with Gasteiger partial charge in [-0.25, -0.2) is 4.57 Å². The van der Waals surface area contributed by atoms with E-state index in [-0.39, 0.29) is 12.8 Å². The molecule has 1 aliphatic carbocycles. The fraction of sp³-hybridized carbons (Fsp3) is 0.650. The number of allylic oxidation sites excluding steroid dienone is 11. The number of esters is 2. The van der Waals surface area contributed by atoms with Crippen molar-refractivity contribution >= 4 is 19.8 Å². The maximum absolute atomic E-state index is 12.7. The molecule has 6 unspecified atom stereocenters. The maximum atomic E-state index is 12.7. The molecule has 1 aliphatic rings. The highest BCUT2D eigenvalue weighted by atomic mass is 31.2. The topological polar surface area (TPSA) is 210 Å². The Hall–Kier alpha value is -2.71. The minimum atomic E-state index is -5.14. The van der Waals surface area contributed by atoms with Crippen LogP contribution in [0.5, 0.6) is 0 Å². The highest BCUT2D eigenvalue weighted by molar-refractivity contribution is 7.47. The zero-order chi connectivity index (χ0) is 40.0. The van der Waals surface area contributed by atoms with Crippen molar-refractivity contribution in [3.8, 4) is 0 Å². The van der Waals surface area contributed by atoms with Crippen molar-refractivity contribution in [2.75, 3.05) is 13.2 Å². The van der Waals surface area contributed by atoms with Gasteiger partial charge in [-0.05, 0) is 57.8 Å². The molecule has 0 saturated heterocycles. The van der Waals surface area contributed by atoms with Crippen molar-refractivity contribution in [2.24, 2.45) is 0 Å². The van der Waals surface area contributed by atoms with E-state index in [4.69, 9.17) is 18.5 Å². The fourth-order valence-electron chi connectivity index (χ4n) is 5.19. The molecule has 0 aliphatic heterocycles. The smallest absolute Gasteiger partial charge is 0.462 e. The van der Waals surface area contributed by atoms with Gasteiger partial charge in [-0.1, -0.05) is 112 Å². The predicted octanol–water partition coefficient (Wildman–Crippen LogP) is 5.99. The lowest BCUT2D eigenvalue weighted by molar-refractivity contribution is -0.220. The van der Waals surface area contributed by atoms with Crippen LogP contribution in [0.4, 0.5) is 0 Å². The molecule has 308 valence electrons. The van der Waals surface area contributed by atoms with E-state index in [0.29, 0.717) is 12.8 Å². The molecule has 0 aromatic carbocycles. The summed E-state index contributed by atoms with van der Waals surface area (Å²) < 4.78 is 33.1. The number of aliphatic hydroxyl groups excluding tert-OH is 5. The monoisotopic (exact) mass is 784 g/mol. The molecule has 14 heteroatoms. The first kappa shape index (κ1) is 49.3. The predicted molar refractivity (Wildman–Crippen MR) is 207 cm³/mol. The van der Waals surface area contributed by atoms with Crippen LogP contribution in [-0.4, -0.2) is 98.3 Å². The third-order valence-electron chi connectivity index (χ3n) is 8.30. The lowest BCUT2D eigenvalue weighted by Gasteiger charge is -2.41. The van der Waals surface area contributed by atoms with Gasteiger partial charge < -0.3 is 39.9 Å². The van der Waals surface area contributed by atoms with Crippen LogP contribution >= 0.6 is 7.82 Å². The van der Waals surface area contributed by atoms with Gasteiger partial charge in [0.15, 0.2) is 6.10 Å². The normalized spacial score (nSPS) is 24.1. The van der Waals surface area contributed by atoms with E-state index in [1.807, 2.05) is 12.2 Å². The molecule has 0 aromatic heterocycles. The van der Waals surface area contributed by atoms with Crippen LogP contribution in [-0.2, 0) is 32.7 Å². The van der Waals surface area contributed by atoms with Crippen LogP contribution in [0.15, 0.2) is 72.9 Å². The van der Waals surface area contributed by atoms with Crippen LogP contribution in [0.1, 0.15) is 110 Å². The second kappa shape index (κ2) is 30.5. The van der Waals surface area contributed by atoms with Gasteiger partial charge in [-0.3, -0.25) is 18.6 Å². The number of phosphoric acid groups is 1. The number of rotatable bonds is 29. The fourth-order valence-corrected chi connectivity index (χ4v) is 6.16. The number of carbonyl (C=O) groups excluding carboxylic acids is 2. The van der Waals surface area contributed by atoms with Crippen LogP contribution in [0.3, 0.4) is 0 Å². The van der Waals surface area contributed by atoms with E-state index in [1.54, 1.807) is 12.2 Å². The Morgan fingerprint density at radius 3 is 1.69 bits per heavy atom. The SMILES string of the molecule is CC/C=C\C/C=C\C/C=C\C/C=C\C/C=C\CC(=O)OC(COC(=O)CCCCCCC/C=C\CCC)COP(=O)(O)OC1C(O)C(O)C(O)C(O)C1O. The first-order valence-corrected chi connectivity index (χ1v) is 20.7. The van der Waals surface area contributed by atoms with Gasteiger partial charge in [0, 0.05) is 6.42 Å². The highest BCUT2D eigenvalue weighted by Gasteiger charge is 2.51. The lowest BCUT2D eigenvalue weighted by atomic mass is 9.85. The number of carbonyl (C=O) groups is 2. The van der Waals surface area contributed by atoms with Crippen molar-refractivity contribution in [1.82, 2.24) is 0 Å². The zero-order valence-electron chi connectivity index (χ0n) is 32.0. The summed E-state index contributed by atoms with van der Waals surface area (Å²) >= 11 is 0. The molecule has 6 N–H and O–H groups in total. The summed E-state index contributed by atoms with van der Waals surface area (Å²) in [5.41, 5.74) is 0. The first-order chi connectivity index (χ1) is 25.9. The molecule has 13 nitrogen and oxygen atoms in total. The standard InChI is InChI=1S/C40H65O13P/c1-3-5-7-9-11-13-15-16-17-18-19-21-23-25-27-29-34(42)52-32(30-50-33(41)28-26-24-22-20-14-12-10-8-6-4-2)31-51-54(48,49)53-40-38(46)36(44)35(43)37(45)39(40)47/h5,7-8,10-11,13,16-17,19,21,25,27,32,35-40,43-47H,3-4,6,9,12,14-15,18,20,22-24,26,28-31H2,1-2H3,(H,48,49)/b7-5-,10-8-,13-11-,17-16-,21-19-,27-25-. The van der Waals surface area contributed by atoms with E-state index < -0.39 is 75.7 Å². The van der Waals surface area contributed by atoms with Gasteiger partial charge in [0.2, 0.25) is 0 Å². The summed E-state index contributed by atoms with van der Waals surface area (Å²) in [6.07, 6.45) is 23.0. The second-order valence-corrected chi connectivity index (χ2v) is 14.5. The molecule has 0 radical (unpaired) electrons. The molecule has 6 atom stereocenters. The molecule has 0 heterocycles. The zero-order valence-corrected chi connectivity index (χ0v) is 32.9. The Kier molecular flexibility index (Phi) is 27.9. The number of hydrogen-bond donors (Lipinski definition) is 6. The quantitative estimate of drug-likeness (QED) is 0.0223.